The molecule has 0 radical (unpaired) electrons. The highest BCUT2D eigenvalue weighted by Gasteiger charge is 2.54. The van der Waals surface area contributed by atoms with Gasteiger partial charge in [0.15, 0.2) is 17.9 Å². The van der Waals surface area contributed by atoms with Crippen molar-refractivity contribution in [2.75, 3.05) is 7.11 Å². The van der Waals surface area contributed by atoms with Crippen LogP contribution >= 0.6 is 0 Å². The number of alkyl halides is 6. The molecule has 0 saturated carbocycles. The first kappa shape index (κ1) is 37.9. The normalized spacial score (nSPS) is 26.5. The quantitative estimate of drug-likeness (QED) is 0.118. The Hall–Kier alpha value is -4.31. The molecule has 4 N–H and O–H groups in total. The summed E-state index contributed by atoms with van der Waals surface area (Å²) in [4.78, 5) is 51.8. The van der Waals surface area contributed by atoms with Crippen LogP contribution < -0.4 is 10.1 Å². The number of benzene rings is 2. The van der Waals surface area contributed by atoms with E-state index in [2.05, 4.69) is 4.18 Å². The molecule has 1 amide bonds. The van der Waals surface area contributed by atoms with Gasteiger partial charge in [-0.1, -0.05) is 12.1 Å². The molecule has 1 heterocycles. The molecule has 5 rings (SSSR count). The number of fused-ring (bicyclic) bond motifs is 3. The summed E-state index contributed by atoms with van der Waals surface area (Å²) in [6, 6.07) is 1.77. The molecule has 0 spiro atoms. The molecular weight excluding hydrogens is 728 g/mol. The van der Waals surface area contributed by atoms with E-state index in [0.717, 1.165) is 13.8 Å². The van der Waals surface area contributed by atoms with Crippen molar-refractivity contribution in [3.05, 3.63) is 51.6 Å². The number of aromatic hydroxyl groups is 2. The highest BCUT2D eigenvalue weighted by molar-refractivity contribution is 7.87. The van der Waals surface area contributed by atoms with Gasteiger partial charge in [0.05, 0.1) is 42.0 Å². The van der Waals surface area contributed by atoms with Crippen molar-refractivity contribution < 1.29 is 87.7 Å². The zero-order valence-corrected chi connectivity index (χ0v) is 27.2. The number of nitrogens with one attached hydrogen (secondary N) is 1. The summed E-state index contributed by atoms with van der Waals surface area (Å²) < 4.78 is 123. The van der Waals surface area contributed by atoms with Crippen molar-refractivity contribution in [2.45, 2.75) is 81.0 Å². The van der Waals surface area contributed by atoms with Gasteiger partial charge in [-0.25, -0.2) is 0 Å². The Labute approximate surface area is 283 Å². The van der Waals surface area contributed by atoms with Crippen LogP contribution in [0.3, 0.4) is 0 Å². The van der Waals surface area contributed by atoms with Crippen LogP contribution in [0.4, 0.5) is 26.3 Å². The Balaban J connectivity index is 1.59. The first-order valence-electron chi connectivity index (χ1n) is 14.7. The standard InChI is InChI=1S/C30H27F6NO13S/c1-10-26(50-51(45,46)30(34,35)36)14(37-27(43)29(31,32)33)7-17(48-10)49-16-9-28(44,11(2)38)8-13-19(16)25(42)21-20(23(13)40)22(39)12-5-4-6-15(47-3)18(12)24(21)41/h4-6,10,14,16-17,26,40,42,44H,7-9H2,1-3H3,(H,37,43)/t10-,14-,16-,17-,26+,28-/m0/s1. The number of carbonyl (C=O) groups is 4. The molecule has 1 aliphatic heterocycles. The average Bonchev–Trinajstić information content (AvgIpc) is 3.01. The molecule has 2 aromatic carbocycles. The smallest absolute Gasteiger partial charge is 0.507 e. The third kappa shape index (κ3) is 6.52. The molecule has 51 heavy (non-hydrogen) atoms. The lowest BCUT2D eigenvalue weighted by Gasteiger charge is -2.43. The third-order valence-corrected chi connectivity index (χ3v) is 9.86. The van der Waals surface area contributed by atoms with Gasteiger partial charge in [-0.3, -0.25) is 23.4 Å². The van der Waals surface area contributed by atoms with Crippen LogP contribution in [0, 0.1) is 0 Å². The molecule has 0 aromatic heterocycles. The summed E-state index contributed by atoms with van der Waals surface area (Å²) in [6.07, 6.45) is -16.2. The highest BCUT2D eigenvalue weighted by Crippen LogP contribution is 2.52. The lowest BCUT2D eigenvalue weighted by atomic mass is 9.72. The zero-order chi connectivity index (χ0) is 38.2. The fourth-order valence-corrected chi connectivity index (χ4v) is 7.04. The first-order valence-corrected chi connectivity index (χ1v) is 16.1. The molecule has 0 bridgehead atoms. The van der Waals surface area contributed by atoms with Crippen LogP contribution in [0.1, 0.15) is 75.8 Å². The van der Waals surface area contributed by atoms with Gasteiger partial charge < -0.3 is 34.8 Å². The largest absolute Gasteiger partial charge is 0.523 e. The monoisotopic (exact) mass is 755 g/mol. The molecule has 2 aromatic rings. The summed E-state index contributed by atoms with van der Waals surface area (Å²) >= 11 is 0. The minimum Gasteiger partial charge on any atom is -0.507 e. The van der Waals surface area contributed by atoms with E-state index in [1.807, 2.05) is 0 Å². The molecule has 3 aliphatic rings. The highest BCUT2D eigenvalue weighted by atomic mass is 32.2. The second kappa shape index (κ2) is 12.7. The SMILES string of the molecule is COc1cccc2c1C(=O)c1c(O)c3c(c(O)c1C2=O)C[C@@](O)(C(C)=O)C[C@@H]3O[C@H]1C[C@H](NC(=O)C(F)(F)F)[C@H](OS(=O)(=O)C(F)(F)F)[C@H](C)O1. The van der Waals surface area contributed by atoms with E-state index < -0.39 is 134 Å². The first-order chi connectivity index (χ1) is 23.4. The summed E-state index contributed by atoms with van der Waals surface area (Å²) in [7, 11) is -5.25. The second-order valence-corrected chi connectivity index (χ2v) is 13.6. The minimum atomic E-state index is -6.45. The molecule has 21 heteroatoms. The van der Waals surface area contributed by atoms with Gasteiger partial charge in [-0.15, -0.1) is 0 Å². The lowest BCUT2D eigenvalue weighted by Crippen LogP contribution is -2.59. The van der Waals surface area contributed by atoms with Crippen molar-refractivity contribution in [3.63, 3.8) is 0 Å². The number of methoxy groups -OCH3 is 1. The van der Waals surface area contributed by atoms with Gasteiger partial charge in [-0.2, -0.15) is 34.8 Å². The summed E-state index contributed by atoms with van der Waals surface area (Å²) in [5.41, 5.74) is -11.3. The lowest BCUT2D eigenvalue weighted by molar-refractivity contribution is -0.247. The van der Waals surface area contributed by atoms with E-state index in [-0.39, 0.29) is 16.9 Å². The van der Waals surface area contributed by atoms with Gasteiger partial charge in [0, 0.05) is 36.0 Å². The molecular formula is C30H27F6NO13S. The summed E-state index contributed by atoms with van der Waals surface area (Å²) in [6.45, 7) is 1.83. The van der Waals surface area contributed by atoms with Gasteiger partial charge in [0.1, 0.15) is 29.0 Å². The van der Waals surface area contributed by atoms with Gasteiger partial charge in [0.25, 0.3) is 0 Å². The minimum absolute atomic E-state index is 0.0762. The number of phenols is 2. The predicted octanol–water partition coefficient (Wildman–Crippen LogP) is 2.62. The summed E-state index contributed by atoms with van der Waals surface area (Å²) in [5.74, 6) is -7.54. The van der Waals surface area contributed by atoms with Crippen molar-refractivity contribution in [1.82, 2.24) is 5.32 Å². The number of ether oxygens (including phenoxy) is 3. The molecule has 2 aliphatic carbocycles. The maximum Gasteiger partial charge on any atom is 0.523 e. The Morgan fingerprint density at radius 1 is 1.02 bits per heavy atom. The maximum absolute atomic E-state index is 13.8. The second-order valence-electron chi connectivity index (χ2n) is 12.0. The number of hydrogen-bond acceptors (Lipinski definition) is 13. The van der Waals surface area contributed by atoms with E-state index in [9.17, 15) is 69.3 Å². The zero-order valence-electron chi connectivity index (χ0n) is 26.3. The Bertz CT molecular complexity index is 1950. The van der Waals surface area contributed by atoms with Crippen molar-refractivity contribution in [2.24, 2.45) is 0 Å². The molecule has 1 fully saturated rings. The van der Waals surface area contributed by atoms with Crippen LogP contribution in [0.25, 0.3) is 0 Å². The van der Waals surface area contributed by atoms with Gasteiger partial charge >= 0.3 is 27.7 Å². The van der Waals surface area contributed by atoms with Crippen LogP contribution in [-0.4, -0.2) is 95.9 Å². The van der Waals surface area contributed by atoms with Crippen LogP contribution in [0.15, 0.2) is 18.2 Å². The number of rotatable bonds is 7. The average molecular weight is 756 g/mol. The van der Waals surface area contributed by atoms with E-state index in [1.54, 1.807) is 0 Å². The Morgan fingerprint density at radius 2 is 1.65 bits per heavy atom. The van der Waals surface area contributed by atoms with Crippen molar-refractivity contribution >= 4 is 33.4 Å². The van der Waals surface area contributed by atoms with Crippen molar-refractivity contribution in [1.29, 1.82) is 0 Å². The Kier molecular flexibility index (Phi) is 9.46. The topological polar surface area (TPSA) is 212 Å². The number of Topliss-reactive ketones (excluding diaryl/α,β-unsaturated/α-hetero) is 1. The maximum atomic E-state index is 13.8. The number of halogens is 6. The van der Waals surface area contributed by atoms with E-state index in [1.165, 1.54) is 30.6 Å². The molecule has 14 nitrogen and oxygen atoms in total. The molecule has 6 atom stereocenters. The predicted molar refractivity (Wildman–Crippen MR) is 154 cm³/mol. The van der Waals surface area contributed by atoms with Crippen LogP contribution in [-0.2, 0) is 39.8 Å². The van der Waals surface area contributed by atoms with Crippen molar-refractivity contribution in [3.8, 4) is 17.2 Å². The van der Waals surface area contributed by atoms with E-state index >= 15 is 0 Å². The number of amides is 1. The van der Waals surface area contributed by atoms with E-state index in [4.69, 9.17) is 14.2 Å². The number of hydrogen-bond donors (Lipinski definition) is 4. The fourth-order valence-electron chi connectivity index (χ4n) is 6.35. The number of carbonyl (C=O) groups excluding carboxylic acids is 4. The van der Waals surface area contributed by atoms with Gasteiger partial charge in [-0.05, 0) is 19.9 Å². The molecule has 0 unspecified atom stereocenters. The summed E-state index contributed by atoms with van der Waals surface area (Å²) in [5, 5.41) is 35.6. The van der Waals surface area contributed by atoms with E-state index in [0.29, 0.717) is 0 Å². The fraction of sp³-hybridized carbons (Fsp3) is 0.467. The Morgan fingerprint density at radius 3 is 2.22 bits per heavy atom. The van der Waals surface area contributed by atoms with Crippen LogP contribution in [0.2, 0.25) is 0 Å². The number of aliphatic hydroxyl groups is 1. The number of phenolic OH excluding ortho intramolecular Hbond substituents is 2. The number of ketones is 3. The third-order valence-electron chi connectivity index (χ3n) is 8.81. The van der Waals surface area contributed by atoms with Gasteiger partial charge in [0.2, 0.25) is 5.78 Å². The molecule has 278 valence electrons. The molecule has 1 saturated heterocycles. The van der Waals surface area contributed by atoms with Crippen LogP contribution in [0.5, 0.6) is 17.2 Å².